The SMILES string of the molecule is Cc1ccc(C(C)C)c(OCC(=O)Nc2cccc(-c3ccc(N4CCC(C)CC4)nn3)c2)c1. The molecule has 1 aliphatic heterocycles. The number of piperidine rings is 1. The molecule has 0 aliphatic carbocycles. The number of rotatable bonds is 7. The Morgan fingerprint density at radius 1 is 1.09 bits per heavy atom. The van der Waals surface area contributed by atoms with Gasteiger partial charge in [-0.25, -0.2) is 0 Å². The van der Waals surface area contributed by atoms with Crippen LogP contribution in [0.3, 0.4) is 0 Å². The second-order valence-electron chi connectivity index (χ2n) is 9.56. The molecule has 0 radical (unpaired) electrons. The first-order valence-electron chi connectivity index (χ1n) is 12.1. The van der Waals surface area contributed by atoms with Crippen molar-refractivity contribution in [3.8, 4) is 17.0 Å². The highest BCUT2D eigenvalue weighted by molar-refractivity contribution is 5.92. The van der Waals surface area contributed by atoms with Crippen LogP contribution in [0.15, 0.2) is 54.6 Å². The van der Waals surface area contributed by atoms with E-state index in [1.807, 2.05) is 49.4 Å². The summed E-state index contributed by atoms with van der Waals surface area (Å²) in [5.41, 5.74) is 4.60. The highest BCUT2D eigenvalue weighted by Gasteiger charge is 2.17. The number of aryl methyl sites for hydroxylation is 1. The standard InChI is InChI=1S/C28H34N4O2/c1-19(2)24-9-8-21(4)16-26(24)34-18-28(33)29-23-7-5-6-22(17-23)25-10-11-27(31-30-25)32-14-12-20(3)13-15-32/h5-11,16-17,19-20H,12-15,18H2,1-4H3,(H,29,33). The molecule has 0 atom stereocenters. The van der Waals surface area contributed by atoms with Gasteiger partial charge in [-0.2, -0.15) is 0 Å². The molecule has 1 amide bonds. The Kier molecular flexibility index (Phi) is 7.46. The van der Waals surface area contributed by atoms with Crippen LogP contribution in [0.5, 0.6) is 5.75 Å². The number of ether oxygens (including phenoxy) is 1. The molecule has 6 heteroatoms. The highest BCUT2D eigenvalue weighted by Crippen LogP contribution is 2.28. The maximum absolute atomic E-state index is 12.6. The summed E-state index contributed by atoms with van der Waals surface area (Å²) in [5.74, 6) is 2.59. The predicted molar refractivity (Wildman–Crippen MR) is 137 cm³/mol. The third-order valence-corrected chi connectivity index (χ3v) is 6.35. The van der Waals surface area contributed by atoms with E-state index in [2.05, 4.69) is 53.3 Å². The van der Waals surface area contributed by atoms with Gasteiger partial charge >= 0.3 is 0 Å². The highest BCUT2D eigenvalue weighted by atomic mass is 16.5. The zero-order valence-electron chi connectivity index (χ0n) is 20.5. The predicted octanol–water partition coefficient (Wildman–Crippen LogP) is 5.83. The Balaban J connectivity index is 1.38. The van der Waals surface area contributed by atoms with E-state index in [9.17, 15) is 4.79 Å². The van der Waals surface area contributed by atoms with Gasteiger partial charge in [0, 0.05) is 24.3 Å². The van der Waals surface area contributed by atoms with Crippen LogP contribution in [-0.4, -0.2) is 35.8 Å². The minimum absolute atomic E-state index is 0.0453. The molecule has 1 N–H and O–H groups in total. The number of benzene rings is 2. The van der Waals surface area contributed by atoms with Gasteiger partial charge in [-0.15, -0.1) is 10.2 Å². The Morgan fingerprint density at radius 3 is 2.59 bits per heavy atom. The lowest BCUT2D eigenvalue weighted by Gasteiger charge is -2.30. The molecule has 1 aliphatic rings. The molecule has 0 saturated carbocycles. The van der Waals surface area contributed by atoms with Crippen molar-refractivity contribution in [3.63, 3.8) is 0 Å². The molecular weight excluding hydrogens is 424 g/mol. The van der Waals surface area contributed by atoms with E-state index in [-0.39, 0.29) is 12.5 Å². The number of nitrogens with zero attached hydrogens (tertiary/aromatic N) is 3. The molecule has 2 aromatic carbocycles. The third kappa shape index (κ3) is 5.93. The van der Waals surface area contributed by atoms with Crippen LogP contribution in [0.25, 0.3) is 11.3 Å². The van der Waals surface area contributed by atoms with Crippen molar-refractivity contribution < 1.29 is 9.53 Å². The maximum Gasteiger partial charge on any atom is 0.262 e. The van der Waals surface area contributed by atoms with Gasteiger partial charge in [-0.1, -0.05) is 45.0 Å². The zero-order chi connectivity index (χ0) is 24.1. The fourth-order valence-electron chi connectivity index (χ4n) is 4.23. The average Bonchev–Trinajstić information content (AvgIpc) is 2.83. The zero-order valence-corrected chi connectivity index (χ0v) is 20.5. The molecule has 1 fully saturated rings. The van der Waals surface area contributed by atoms with Crippen LogP contribution < -0.4 is 15.0 Å². The first kappa shape index (κ1) is 23.7. The normalized spacial score (nSPS) is 14.3. The van der Waals surface area contributed by atoms with E-state index < -0.39 is 0 Å². The monoisotopic (exact) mass is 458 g/mol. The largest absolute Gasteiger partial charge is 0.483 e. The fourth-order valence-corrected chi connectivity index (χ4v) is 4.23. The fraction of sp³-hybridized carbons (Fsp3) is 0.393. The average molecular weight is 459 g/mol. The van der Waals surface area contributed by atoms with Crippen molar-refractivity contribution in [2.45, 2.75) is 46.5 Å². The van der Waals surface area contributed by atoms with E-state index in [1.54, 1.807) is 0 Å². The summed E-state index contributed by atoms with van der Waals surface area (Å²) in [6.45, 7) is 10.6. The van der Waals surface area contributed by atoms with Crippen LogP contribution in [-0.2, 0) is 4.79 Å². The van der Waals surface area contributed by atoms with Gasteiger partial charge in [0.15, 0.2) is 12.4 Å². The lowest BCUT2D eigenvalue weighted by atomic mass is 9.99. The topological polar surface area (TPSA) is 67.3 Å². The Labute approximate surface area is 202 Å². The molecule has 0 spiro atoms. The van der Waals surface area contributed by atoms with E-state index in [1.165, 1.54) is 12.8 Å². The second kappa shape index (κ2) is 10.7. The van der Waals surface area contributed by atoms with Gasteiger partial charge in [0.1, 0.15) is 5.75 Å². The van der Waals surface area contributed by atoms with Crippen molar-refractivity contribution in [1.29, 1.82) is 0 Å². The number of hydrogen-bond donors (Lipinski definition) is 1. The first-order valence-corrected chi connectivity index (χ1v) is 12.1. The van der Waals surface area contributed by atoms with Crippen molar-refractivity contribution in [3.05, 3.63) is 65.7 Å². The van der Waals surface area contributed by atoms with Gasteiger partial charge in [-0.05, 0) is 73.1 Å². The van der Waals surface area contributed by atoms with Crippen molar-refractivity contribution >= 4 is 17.4 Å². The third-order valence-electron chi connectivity index (χ3n) is 6.35. The second-order valence-corrected chi connectivity index (χ2v) is 9.56. The quantitative estimate of drug-likeness (QED) is 0.482. The summed E-state index contributed by atoms with van der Waals surface area (Å²) in [5, 5.41) is 11.8. The lowest BCUT2D eigenvalue weighted by molar-refractivity contribution is -0.118. The number of hydrogen-bond acceptors (Lipinski definition) is 5. The van der Waals surface area contributed by atoms with E-state index >= 15 is 0 Å². The van der Waals surface area contributed by atoms with E-state index in [0.29, 0.717) is 11.6 Å². The smallest absolute Gasteiger partial charge is 0.262 e. The molecule has 6 nitrogen and oxygen atoms in total. The molecule has 0 unspecified atom stereocenters. The number of carbonyl (C=O) groups is 1. The van der Waals surface area contributed by atoms with Crippen molar-refractivity contribution in [2.24, 2.45) is 5.92 Å². The summed E-state index contributed by atoms with van der Waals surface area (Å²) < 4.78 is 5.87. The first-order chi connectivity index (χ1) is 16.4. The molecule has 2 heterocycles. The Morgan fingerprint density at radius 2 is 1.88 bits per heavy atom. The van der Waals surface area contributed by atoms with Crippen LogP contribution in [0.2, 0.25) is 0 Å². The molecular formula is C28H34N4O2. The Bertz CT molecular complexity index is 1120. The van der Waals surface area contributed by atoms with E-state index in [0.717, 1.165) is 53.0 Å². The molecule has 34 heavy (non-hydrogen) atoms. The summed E-state index contributed by atoms with van der Waals surface area (Å²) in [6.07, 6.45) is 2.38. The van der Waals surface area contributed by atoms with Crippen LogP contribution in [0.1, 0.15) is 50.7 Å². The molecule has 0 bridgehead atoms. The number of aromatic nitrogens is 2. The van der Waals surface area contributed by atoms with Gasteiger partial charge in [0.2, 0.25) is 0 Å². The summed E-state index contributed by atoms with van der Waals surface area (Å²) in [6, 6.07) is 17.8. The number of anilines is 2. The summed E-state index contributed by atoms with van der Waals surface area (Å²) >= 11 is 0. The lowest BCUT2D eigenvalue weighted by Crippen LogP contribution is -2.33. The number of carbonyl (C=O) groups excluding carboxylic acids is 1. The van der Waals surface area contributed by atoms with Crippen molar-refractivity contribution in [2.75, 3.05) is 29.9 Å². The number of nitrogens with one attached hydrogen (secondary N) is 1. The molecule has 4 rings (SSSR count). The maximum atomic E-state index is 12.6. The Hall–Kier alpha value is -3.41. The van der Waals surface area contributed by atoms with Crippen molar-refractivity contribution in [1.82, 2.24) is 10.2 Å². The van der Waals surface area contributed by atoms with Crippen LogP contribution >= 0.6 is 0 Å². The molecule has 1 aromatic heterocycles. The molecule has 1 saturated heterocycles. The van der Waals surface area contributed by atoms with Gasteiger partial charge < -0.3 is 15.0 Å². The molecule has 178 valence electrons. The van der Waals surface area contributed by atoms with Gasteiger partial charge in [0.05, 0.1) is 5.69 Å². The van der Waals surface area contributed by atoms with Gasteiger partial charge in [0.25, 0.3) is 5.91 Å². The minimum Gasteiger partial charge on any atom is -0.483 e. The summed E-state index contributed by atoms with van der Waals surface area (Å²) in [7, 11) is 0. The number of amides is 1. The summed E-state index contributed by atoms with van der Waals surface area (Å²) in [4.78, 5) is 14.9. The van der Waals surface area contributed by atoms with Crippen LogP contribution in [0.4, 0.5) is 11.5 Å². The van der Waals surface area contributed by atoms with E-state index in [4.69, 9.17) is 4.74 Å². The molecule has 3 aromatic rings. The van der Waals surface area contributed by atoms with Crippen LogP contribution in [0, 0.1) is 12.8 Å². The van der Waals surface area contributed by atoms with Gasteiger partial charge in [-0.3, -0.25) is 4.79 Å². The minimum atomic E-state index is -0.200.